The lowest BCUT2D eigenvalue weighted by Crippen LogP contribution is -2.38. The van der Waals surface area contributed by atoms with E-state index in [2.05, 4.69) is 27.4 Å². The zero-order chi connectivity index (χ0) is 15.1. The fraction of sp³-hybridized carbons (Fsp3) is 0.733. The summed E-state index contributed by atoms with van der Waals surface area (Å²) in [6.07, 6.45) is 2.05. The van der Waals surface area contributed by atoms with E-state index < -0.39 is 0 Å². The third-order valence-electron chi connectivity index (χ3n) is 3.29. The minimum absolute atomic E-state index is 0.00441. The lowest BCUT2D eigenvalue weighted by Gasteiger charge is -2.29. The van der Waals surface area contributed by atoms with E-state index in [1.165, 1.54) is 4.90 Å². The monoisotopic (exact) mass is 269 g/mol. The average Bonchev–Trinajstić information content (AvgIpc) is 2.27. The van der Waals surface area contributed by atoms with Crippen molar-refractivity contribution in [1.82, 2.24) is 4.90 Å². The van der Waals surface area contributed by atoms with Gasteiger partial charge in [0.15, 0.2) is 0 Å². The maximum Gasteiger partial charge on any atom is 0.325 e. The second-order valence-electron chi connectivity index (χ2n) is 5.84. The molecule has 0 spiro atoms. The maximum atomic E-state index is 12.2. The normalized spacial score (nSPS) is 12.7. The Labute approximate surface area is 116 Å². The average molecular weight is 269 g/mol. The van der Waals surface area contributed by atoms with Crippen molar-refractivity contribution in [1.29, 1.82) is 0 Å². The Morgan fingerprint density at radius 3 is 2.37 bits per heavy atom. The van der Waals surface area contributed by atoms with Crippen LogP contribution in [0.25, 0.3) is 0 Å². The van der Waals surface area contributed by atoms with Gasteiger partial charge in [0.1, 0.15) is 6.54 Å². The van der Waals surface area contributed by atoms with Crippen molar-refractivity contribution in [3.05, 3.63) is 12.7 Å². The van der Waals surface area contributed by atoms with E-state index >= 15 is 0 Å². The third kappa shape index (κ3) is 6.99. The van der Waals surface area contributed by atoms with Gasteiger partial charge in [-0.15, -0.1) is 6.58 Å². The van der Waals surface area contributed by atoms with Crippen LogP contribution in [0, 0.1) is 11.3 Å². The molecule has 1 atom stereocenters. The van der Waals surface area contributed by atoms with Crippen LogP contribution < -0.4 is 0 Å². The standard InChI is InChI=1S/C15H27NO3/c1-7-9-16(11-14(18)19-8-2)13(17)10-12(3)15(4,5)6/h7,12H,1,8-11H2,2-6H3. The summed E-state index contributed by atoms with van der Waals surface area (Å²) in [7, 11) is 0. The van der Waals surface area contributed by atoms with Crippen LogP contribution in [0.3, 0.4) is 0 Å². The van der Waals surface area contributed by atoms with Gasteiger partial charge in [-0.25, -0.2) is 0 Å². The molecule has 19 heavy (non-hydrogen) atoms. The van der Waals surface area contributed by atoms with Gasteiger partial charge < -0.3 is 9.64 Å². The second kappa shape index (κ2) is 7.97. The summed E-state index contributed by atoms with van der Waals surface area (Å²) >= 11 is 0. The summed E-state index contributed by atoms with van der Waals surface area (Å²) in [5.74, 6) is -0.161. The number of esters is 1. The first kappa shape index (κ1) is 17.7. The molecule has 0 aromatic carbocycles. The molecule has 1 amide bonds. The van der Waals surface area contributed by atoms with Crippen LogP contribution in [0.1, 0.15) is 41.0 Å². The van der Waals surface area contributed by atoms with Gasteiger partial charge in [0.05, 0.1) is 6.61 Å². The van der Waals surface area contributed by atoms with Crippen LogP contribution in [0.15, 0.2) is 12.7 Å². The van der Waals surface area contributed by atoms with E-state index in [-0.39, 0.29) is 29.8 Å². The molecule has 0 aliphatic carbocycles. The first-order chi connectivity index (χ1) is 8.72. The summed E-state index contributed by atoms with van der Waals surface area (Å²) in [5, 5.41) is 0. The molecule has 110 valence electrons. The van der Waals surface area contributed by atoms with E-state index in [1.807, 2.05) is 6.92 Å². The van der Waals surface area contributed by atoms with E-state index in [4.69, 9.17) is 4.74 Å². The highest BCUT2D eigenvalue weighted by molar-refractivity contribution is 5.82. The number of hydrogen-bond acceptors (Lipinski definition) is 3. The summed E-state index contributed by atoms with van der Waals surface area (Å²) in [5.41, 5.74) is 0.0689. The molecule has 4 nitrogen and oxygen atoms in total. The Morgan fingerprint density at radius 1 is 1.37 bits per heavy atom. The Kier molecular flexibility index (Phi) is 7.42. The Bertz CT molecular complexity index is 318. The van der Waals surface area contributed by atoms with Crippen molar-refractivity contribution >= 4 is 11.9 Å². The van der Waals surface area contributed by atoms with Crippen molar-refractivity contribution in [2.75, 3.05) is 19.7 Å². The maximum absolute atomic E-state index is 12.2. The lowest BCUT2D eigenvalue weighted by atomic mass is 9.80. The predicted octanol–water partition coefficient (Wildman–Crippen LogP) is 2.64. The van der Waals surface area contributed by atoms with E-state index in [9.17, 15) is 9.59 Å². The molecule has 0 aromatic rings. The Hall–Kier alpha value is -1.32. The Morgan fingerprint density at radius 2 is 1.95 bits per heavy atom. The van der Waals surface area contributed by atoms with Gasteiger partial charge in [0.2, 0.25) is 5.91 Å². The van der Waals surface area contributed by atoms with Gasteiger partial charge in [-0.1, -0.05) is 33.8 Å². The molecule has 4 heteroatoms. The highest BCUT2D eigenvalue weighted by Gasteiger charge is 2.25. The first-order valence-electron chi connectivity index (χ1n) is 6.76. The fourth-order valence-electron chi connectivity index (χ4n) is 1.47. The quantitative estimate of drug-likeness (QED) is 0.527. The van der Waals surface area contributed by atoms with Crippen molar-refractivity contribution in [2.45, 2.75) is 41.0 Å². The van der Waals surface area contributed by atoms with Gasteiger partial charge >= 0.3 is 5.97 Å². The number of ether oxygens (including phenoxy) is 1. The summed E-state index contributed by atoms with van der Waals surface area (Å²) in [6, 6.07) is 0. The number of nitrogens with zero attached hydrogens (tertiary/aromatic N) is 1. The molecular formula is C15H27NO3. The van der Waals surface area contributed by atoms with Crippen LogP contribution in [-0.4, -0.2) is 36.5 Å². The number of carbonyl (C=O) groups is 2. The molecule has 0 rings (SSSR count). The lowest BCUT2D eigenvalue weighted by molar-refractivity contribution is -0.149. The van der Waals surface area contributed by atoms with Crippen molar-refractivity contribution in [3.8, 4) is 0 Å². The zero-order valence-corrected chi connectivity index (χ0v) is 12.9. The van der Waals surface area contributed by atoms with Gasteiger partial charge in [-0.2, -0.15) is 0 Å². The van der Waals surface area contributed by atoms with Gasteiger partial charge in [-0.05, 0) is 18.3 Å². The fourth-order valence-corrected chi connectivity index (χ4v) is 1.47. The molecule has 0 aliphatic rings. The molecule has 0 fully saturated rings. The van der Waals surface area contributed by atoms with E-state index in [0.717, 1.165) is 0 Å². The minimum Gasteiger partial charge on any atom is -0.465 e. The molecule has 0 aromatic heterocycles. The van der Waals surface area contributed by atoms with Gasteiger partial charge in [0.25, 0.3) is 0 Å². The van der Waals surface area contributed by atoms with Crippen LogP contribution in [0.4, 0.5) is 0 Å². The SMILES string of the molecule is C=CCN(CC(=O)OCC)C(=O)CC(C)C(C)(C)C. The van der Waals surface area contributed by atoms with Crippen molar-refractivity contribution in [3.63, 3.8) is 0 Å². The van der Waals surface area contributed by atoms with Crippen LogP contribution in [-0.2, 0) is 14.3 Å². The molecule has 0 saturated heterocycles. The number of rotatable bonds is 7. The Balaban J connectivity index is 4.57. The minimum atomic E-state index is -0.374. The molecule has 0 aliphatic heterocycles. The molecular weight excluding hydrogens is 242 g/mol. The molecule has 0 heterocycles. The van der Waals surface area contributed by atoms with E-state index in [1.54, 1.807) is 13.0 Å². The number of carbonyl (C=O) groups excluding carboxylic acids is 2. The van der Waals surface area contributed by atoms with Crippen LogP contribution >= 0.6 is 0 Å². The van der Waals surface area contributed by atoms with E-state index in [0.29, 0.717) is 19.6 Å². The third-order valence-corrected chi connectivity index (χ3v) is 3.29. The van der Waals surface area contributed by atoms with Crippen molar-refractivity contribution < 1.29 is 14.3 Å². The van der Waals surface area contributed by atoms with Gasteiger partial charge in [-0.3, -0.25) is 9.59 Å². The highest BCUT2D eigenvalue weighted by atomic mass is 16.5. The molecule has 0 saturated carbocycles. The summed E-state index contributed by atoms with van der Waals surface area (Å²) in [4.78, 5) is 25.2. The molecule has 0 N–H and O–H groups in total. The zero-order valence-electron chi connectivity index (χ0n) is 12.9. The van der Waals surface area contributed by atoms with Crippen LogP contribution in [0.2, 0.25) is 0 Å². The number of amides is 1. The first-order valence-corrected chi connectivity index (χ1v) is 6.76. The molecule has 1 unspecified atom stereocenters. The molecule has 0 bridgehead atoms. The molecule has 0 radical (unpaired) electrons. The highest BCUT2D eigenvalue weighted by Crippen LogP contribution is 2.28. The topological polar surface area (TPSA) is 46.6 Å². The summed E-state index contributed by atoms with van der Waals surface area (Å²) < 4.78 is 4.87. The van der Waals surface area contributed by atoms with Crippen molar-refractivity contribution in [2.24, 2.45) is 11.3 Å². The van der Waals surface area contributed by atoms with Crippen LogP contribution in [0.5, 0.6) is 0 Å². The smallest absolute Gasteiger partial charge is 0.325 e. The number of hydrogen-bond donors (Lipinski definition) is 0. The predicted molar refractivity (Wildman–Crippen MR) is 76.6 cm³/mol. The second-order valence-corrected chi connectivity index (χ2v) is 5.84. The summed E-state index contributed by atoms with van der Waals surface area (Å²) in [6.45, 7) is 14.4. The largest absolute Gasteiger partial charge is 0.465 e. The van der Waals surface area contributed by atoms with Gasteiger partial charge in [0, 0.05) is 13.0 Å².